The first-order valence-corrected chi connectivity index (χ1v) is 11.4. The molecular weight excluding hydrogens is 376 g/mol. The summed E-state index contributed by atoms with van der Waals surface area (Å²) in [5.41, 5.74) is 13.6. The third-order valence-corrected chi connectivity index (χ3v) is 7.01. The third kappa shape index (κ3) is 5.15. The number of nitrogens with two attached hydrogens (primary N) is 2. The van der Waals surface area contributed by atoms with E-state index in [9.17, 15) is 4.79 Å². The van der Waals surface area contributed by atoms with Crippen LogP contribution in [0.4, 0.5) is 0 Å². The lowest BCUT2D eigenvalue weighted by Gasteiger charge is -2.34. The number of likely N-dealkylation sites (tertiary alicyclic amines) is 1. The monoisotopic (exact) mass is 414 g/mol. The Morgan fingerprint density at radius 1 is 1.30 bits per heavy atom. The summed E-state index contributed by atoms with van der Waals surface area (Å²) in [6.07, 6.45) is 15.4. The normalized spacial score (nSPS) is 31.9. The van der Waals surface area contributed by atoms with Crippen molar-refractivity contribution in [1.29, 1.82) is 0 Å². The summed E-state index contributed by atoms with van der Waals surface area (Å²) < 4.78 is 5.67. The number of amides is 1. The summed E-state index contributed by atoms with van der Waals surface area (Å²) in [5.74, 6) is 1.04. The van der Waals surface area contributed by atoms with Crippen molar-refractivity contribution in [3.8, 4) is 0 Å². The molecule has 4 N–H and O–H groups in total. The number of aliphatic imine (C=N–C) groups is 1. The van der Waals surface area contributed by atoms with Crippen LogP contribution in [0.5, 0.6) is 0 Å². The van der Waals surface area contributed by atoms with Crippen molar-refractivity contribution < 1.29 is 9.53 Å². The minimum atomic E-state index is -0.272. The van der Waals surface area contributed by atoms with Gasteiger partial charge in [-0.1, -0.05) is 36.8 Å². The van der Waals surface area contributed by atoms with Gasteiger partial charge in [0.25, 0.3) is 0 Å². The highest BCUT2D eigenvalue weighted by Crippen LogP contribution is 2.33. The summed E-state index contributed by atoms with van der Waals surface area (Å²) in [6.45, 7) is 7.20. The molecule has 2 aliphatic carbocycles. The molecule has 6 heteroatoms. The minimum Gasteiger partial charge on any atom is -0.375 e. The largest absolute Gasteiger partial charge is 0.375 e. The Labute approximate surface area is 181 Å². The Morgan fingerprint density at radius 2 is 2.10 bits per heavy atom. The van der Waals surface area contributed by atoms with E-state index in [1.807, 2.05) is 6.08 Å². The van der Waals surface area contributed by atoms with Gasteiger partial charge in [-0.2, -0.15) is 0 Å². The predicted octanol–water partition coefficient (Wildman–Crippen LogP) is 3.15. The van der Waals surface area contributed by atoms with Crippen LogP contribution in [0.1, 0.15) is 51.9 Å². The van der Waals surface area contributed by atoms with E-state index in [1.54, 1.807) is 13.2 Å². The first kappa shape index (κ1) is 22.6. The topological polar surface area (TPSA) is 93.9 Å². The summed E-state index contributed by atoms with van der Waals surface area (Å²) in [7, 11) is 1.68. The van der Waals surface area contributed by atoms with Gasteiger partial charge in [-0.25, -0.2) is 4.99 Å². The molecule has 0 aromatic heterocycles. The number of guanidine groups is 1. The molecule has 3 unspecified atom stereocenters. The van der Waals surface area contributed by atoms with Crippen LogP contribution >= 0.6 is 0 Å². The predicted molar refractivity (Wildman–Crippen MR) is 122 cm³/mol. The van der Waals surface area contributed by atoms with E-state index in [2.05, 4.69) is 30.6 Å². The molecule has 166 valence electrons. The van der Waals surface area contributed by atoms with Gasteiger partial charge < -0.3 is 21.1 Å². The molecule has 1 aliphatic heterocycles. The maximum Gasteiger partial charge on any atom is 0.224 e. The second-order valence-electron chi connectivity index (χ2n) is 9.06. The number of hydrogen-bond donors (Lipinski definition) is 2. The molecule has 1 amide bonds. The molecule has 0 aromatic carbocycles. The fourth-order valence-corrected chi connectivity index (χ4v) is 5.09. The van der Waals surface area contributed by atoms with Gasteiger partial charge in [-0.3, -0.25) is 4.79 Å². The highest BCUT2D eigenvalue weighted by molar-refractivity contribution is 5.80. The lowest BCUT2D eigenvalue weighted by Crippen LogP contribution is -2.44. The van der Waals surface area contributed by atoms with Gasteiger partial charge in [-0.15, -0.1) is 6.58 Å². The van der Waals surface area contributed by atoms with Crippen molar-refractivity contribution in [3.63, 3.8) is 0 Å². The Balaban J connectivity index is 1.80. The SMILES string of the molecule is C=CC(OC)[C@@H](/N=C(\N)N1CCCC1C1=CCC(C)CC1)[C@H]1C=C[C@@H](C(N)=O)CC1. The van der Waals surface area contributed by atoms with Gasteiger partial charge in [0.2, 0.25) is 5.91 Å². The van der Waals surface area contributed by atoms with Crippen LogP contribution in [-0.2, 0) is 9.53 Å². The molecule has 0 radical (unpaired) electrons. The Kier molecular flexibility index (Phi) is 7.75. The highest BCUT2D eigenvalue weighted by atomic mass is 16.5. The molecule has 1 heterocycles. The first-order chi connectivity index (χ1) is 14.4. The number of carbonyl (C=O) groups excluding carboxylic acids is 1. The van der Waals surface area contributed by atoms with Gasteiger partial charge in [0.1, 0.15) is 0 Å². The maximum atomic E-state index is 11.5. The first-order valence-electron chi connectivity index (χ1n) is 11.4. The number of methoxy groups -OCH3 is 1. The molecular formula is C24H38N4O2. The summed E-state index contributed by atoms with van der Waals surface area (Å²) in [4.78, 5) is 18.8. The number of allylic oxidation sites excluding steroid dienone is 1. The lowest BCUT2D eigenvalue weighted by atomic mass is 9.82. The van der Waals surface area contributed by atoms with E-state index in [0.717, 1.165) is 51.0 Å². The zero-order valence-corrected chi connectivity index (χ0v) is 18.5. The van der Waals surface area contributed by atoms with Crippen LogP contribution in [0.2, 0.25) is 0 Å². The van der Waals surface area contributed by atoms with Crippen LogP contribution in [0.3, 0.4) is 0 Å². The van der Waals surface area contributed by atoms with Crippen LogP contribution in [0.15, 0.2) is 41.4 Å². The molecule has 6 atom stereocenters. The average molecular weight is 415 g/mol. The minimum absolute atomic E-state index is 0.137. The van der Waals surface area contributed by atoms with E-state index >= 15 is 0 Å². The number of primary amides is 1. The van der Waals surface area contributed by atoms with Crippen molar-refractivity contribution in [3.05, 3.63) is 36.5 Å². The van der Waals surface area contributed by atoms with E-state index in [1.165, 1.54) is 12.0 Å². The number of nitrogens with zero attached hydrogens (tertiary/aromatic N) is 2. The average Bonchev–Trinajstić information content (AvgIpc) is 3.24. The molecule has 1 saturated heterocycles. The van der Waals surface area contributed by atoms with Crippen molar-refractivity contribution in [1.82, 2.24) is 4.90 Å². The Bertz CT molecular complexity index is 714. The van der Waals surface area contributed by atoms with Gasteiger partial charge in [0, 0.05) is 19.6 Å². The number of carbonyl (C=O) groups is 1. The molecule has 0 aromatic rings. The molecule has 3 aliphatic rings. The summed E-state index contributed by atoms with van der Waals surface area (Å²) in [5, 5.41) is 0. The van der Waals surface area contributed by atoms with Crippen LogP contribution in [-0.4, -0.2) is 48.6 Å². The maximum absolute atomic E-state index is 11.5. The second kappa shape index (κ2) is 10.3. The van der Waals surface area contributed by atoms with E-state index < -0.39 is 0 Å². The molecule has 0 saturated carbocycles. The van der Waals surface area contributed by atoms with Crippen molar-refractivity contribution >= 4 is 11.9 Å². The van der Waals surface area contributed by atoms with Crippen molar-refractivity contribution in [2.45, 2.75) is 70.1 Å². The molecule has 1 fully saturated rings. The van der Waals surface area contributed by atoms with Crippen LogP contribution < -0.4 is 11.5 Å². The molecule has 0 bridgehead atoms. The van der Waals surface area contributed by atoms with E-state index in [-0.39, 0.29) is 29.9 Å². The summed E-state index contributed by atoms with van der Waals surface area (Å²) >= 11 is 0. The number of ether oxygens (including phenoxy) is 1. The zero-order valence-electron chi connectivity index (χ0n) is 18.5. The number of rotatable bonds is 7. The van der Waals surface area contributed by atoms with E-state index in [4.69, 9.17) is 21.2 Å². The number of hydrogen-bond acceptors (Lipinski definition) is 3. The van der Waals surface area contributed by atoms with Gasteiger partial charge in [0.05, 0.1) is 24.1 Å². The standard InChI is InChI=1S/C24H38N4O2/c1-4-21(30-3)22(18-11-13-19(14-12-18)23(25)29)27-24(26)28-15-5-6-20(28)17-9-7-16(2)8-10-17/h4,9,11,13,16,18-22H,1,5-8,10,12,14-15H2,2-3H3,(H2,25,29)(H2,26,27)/t16?,18-,19+,20?,21?,22-/m0/s1. The van der Waals surface area contributed by atoms with Crippen LogP contribution in [0, 0.1) is 17.8 Å². The van der Waals surface area contributed by atoms with Gasteiger partial charge in [0.15, 0.2) is 5.96 Å². The van der Waals surface area contributed by atoms with Crippen molar-refractivity contribution in [2.75, 3.05) is 13.7 Å². The Morgan fingerprint density at radius 3 is 2.67 bits per heavy atom. The zero-order chi connectivity index (χ0) is 21.7. The molecule has 3 rings (SSSR count). The highest BCUT2D eigenvalue weighted by Gasteiger charge is 2.34. The van der Waals surface area contributed by atoms with Gasteiger partial charge >= 0.3 is 0 Å². The lowest BCUT2D eigenvalue weighted by molar-refractivity contribution is -0.120. The molecule has 0 spiro atoms. The second-order valence-corrected chi connectivity index (χ2v) is 9.06. The van der Waals surface area contributed by atoms with Gasteiger partial charge in [-0.05, 0) is 50.9 Å². The Hall–Kier alpha value is -2.08. The van der Waals surface area contributed by atoms with Crippen molar-refractivity contribution in [2.24, 2.45) is 34.2 Å². The molecule has 6 nitrogen and oxygen atoms in total. The molecule has 30 heavy (non-hydrogen) atoms. The van der Waals surface area contributed by atoms with E-state index in [0.29, 0.717) is 12.0 Å². The summed E-state index contributed by atoms with van der Waals surface area (Å²) in [6, 6.07) is 0.201. The smallest absolute Gasteiger partial charge is 0.224 e. The quantitative estimate of drug-likeness (QED) is 0.380. The fourth-order valence-electron chi connectivity index (χ4n) is 5.09. The van der Waals surface area contributed by atoms with Crippen LogP contribution in [0.25, 0.3) is 0 Å². The third-order valence-electron chi connectivity index (χ3n) is 7.01. The fraction of sp³-hybridized carbons (Fsp3) is 0.667.